The lowest BCUT2D eigenvalue weighted by Crippen LogP contribution is -2.30. The van der Waals surface area contributed by atoms with Gasteiger partial charge in [-0.2, -0.15) is 4.31 Å². The van der Waals surface area contributed by atoms with Gasteiger partial charge >= 0.3 is 0 Å². The van der Waals surface area contributed by atoms with Crippen molar-refractivity contribution in [3.63, 3.8) is 0 Å². The van der Waals surface area contributed by atoms with Crippen molar-refractivity contribution in [3.8, 4) is 0 Å². The Bertz CT molecular complexity index is 884. The van der Waals surface area contributed by atoms with E-state index in [0.29, 0.717) is 29.4 Å². The van der Waals surface area contributed by atoms with Crippen molar-refractivity contribution >= 4 is 33.4 Å². The number of amides is 1. The van der Waals surface area contributed by atoms with Crippen molar-refractivity contribution in [2.24, 2.45) is 0 Å². The fourth-order valence-electron chi connectivity index (χ4n) is 2.49. The topological polar surface area (TPSA) is 66.5 Å². The zero-order chi connectivity index (χ0) is 19.9. The molecule has 0 aliphatic heterocycles. The van der Waals surface area contributed by atoms with E-state index in [1.165, 1.54) is 34.3 Å². The number of sulfonamides is 1. The molecule has 2 aromatic carbocycles. The molecular weight excluding hydrogens is 387 g/mol. The molecule has 146 valence electrons. The van der Waals surface area contributed by atoms with Crippen LogP contribution in [0.15, 0.2) is 58.3 Å². The molecule has 27 heavy (non-hydrogen) atoms. The van der Waals surface area contributed by atoms with Crippen LogP contribution in [0.4, 0.5) is 10.1 Å². The number of hydrogen-bond acceptors (Lipinski definition) is 4. The van der Waals surface area contributed by atoms with E-state index in [9.17, 15) is 17.6 Å². The summed E-state index contributed by atoms with van der Waals surface area (Å²) in [5, 5.41) is 2.70. The molecule has 2 aromatic rings. The Hall–Kier alpha value is -1.90. The lowest BCUT2D eigenvalue weighted by molar-refractivity contribution is -0.115. The molecule has 0 saturated heterocycles. The van der Waals surface area contributed by atoms with Crippen molar-refractivity contribution in [3.05, 3.63) is 54.3 Å². The van der Waals surface area contributed by atoms with Crippen molar-refractivity contribution in [1.82, 2.24) is 4.31 Å². The van der Waals surface area contributed by atoms with Gasteiger partial charge in [0.2, 0.25) is 15.9 Å². The van der Waals surface area contributed by atoms with Gasteiger partial charge in [-0.3, -0.25) is 4.79 Å². The Labute approximate surface area is 164 Å². The average Bonchev–Trinajstić information content (AvgIpc) is 2.64. The van der Waals surface area contributed by atoms with Gasteiger partial charge < -0.3 is 5.32 Å². The summed E-state index contributed by atoms with van der Waals surface area (Å²) in [5.41, 5.74) is 0.420. The molecule has 1 amide bonds. The molecule has 2 rings (SSSR count). The summed E-state index contributed by atoms with van der Waals surface area (Å²) in [6.07, 6.45) is 0.187. The molecule has 0 aliphatic rings. The molecule has 1 N–H and O–H groups in total. The summed E-state index contributed by atoms with van der Waals surface area (Å²) < 4.78 is 40.1. The summed E-state index contributed by atoms with van der Waals surface area (Å²) in [4.78, 5) is 12.8. The number of carbonyl (C=O) groups excluding carboxylic acids is 1. The van der Waals surface area contributed by atoms with Crippen LogP contribution in [0.5, 0.6) is 0 Å². The van der Waals surface area contributed by atoms with E-state index >= 15 is 0 Å². The number of hydrogen-bond donors (Lipinski definition) is 1. The minimum Gasteiger partial charge on any atom is -0.326 e. The lowest BCUT2D eigenvalue weighted by Gasteiger charge is -2.18. The van der Waals surface area contributed by atoms with E-state index in [1.54, 1.807) is 44.2 Å². The normalized spacial score (nSPS) is 11.6. The molecule has 0 fully saturated rings. The number of anilines is 1. The maximum absolute atomic E-state index is 13.6. The molecule has 0 aliphatic carbocycles. The van der Waals surface area contributed by atoms with Gasteiger partial charge in [0.05, 0.1) is 4.90 Å². The summed E-state index contributed by atoms with van der Waals surface area (Å²) in [5.74, 6) is -0.141. The highest BCUT2D eigenvalue weighted by Gasteiger charge is 2.21. The first-order valence-corrected chi connectivity index (χ1v) is 11.1. The third-order valence-electron chi connectivity index (χ3n) is 3.88. The van der Waals surface area contributed by atoms with Crippen LogP contribution in [0, 0.1) is 5.82 Å². The maximum atomic E-state index is 13.6. The predicted molar refractivity (Wildman–Crippen MR) is 107 cm³/mol. The van der Waals surface area contributed by atoms with Crippen LogP contribution < -0.4 is 5.32 Å². The molecule has 0 atom stereocenters. The first kappa shape index (κ1) is 21.4. The highest BCUT2D eigenvalue weighted by atomic mass is 32.2. The second-order valence-electron chi connectivity index (χ2n) is 5.69. The molecule has 0 radical (unpaired) electrons. The number of benzene rings is 2. The van der Waals surface area contributed by atoms with Gasteiger partial charge in [-0.05, 0) is 30.3 Å². The van der Waals surface area contributed by atoms with Gasteiger partial charge in [-0.25, -0.2) is 12.8 Å². The third kappa shape index (κ3) is 5.79. The van der Waals surface area contributed by atoms with Crippen LogP contribution >= 0.6 is 11.8 Å². The zero-order valence-electron chi connectivity index (χ0n) is 15.3. The van der Waals surface area contributed by atoms with E-state index in [0.717, 1.165) is 0 Å². The SMILES string of the molecule is CCN(CC)S(=O)(=O)c1cccc(NC(=O)CCSc2ccccc2F)c1. The van der Waals surface area contributed by atoms with E-state index in [1.807, 2.05) is 0 Å². The van der Waals surface area contributed by atoms with E-state index in [4.69, 9.17) is 0 Å². The second-order valence-corrected chi connectivity index (χ2v) is 8.77. The molecule has 0 spiro atoms. The Morgan fingerprint density at radius 3 is 2.48 bits per heavy atom. The molecule has 5 nitrogen and oxygen atoms in total. The van der Waals surface area contributed by atoms with Gasteiger partial charge in [0, 0.05) is 35.8 Å². The number of nitrogens with one attached hydrogen (secondary N) is 1. The molecule has 0 heterocycles. The summed E-state index contributed by atoms with van der Waals surface area (Å²) in [6, 6.07) is 12.6. The number of halogens is 1. The molecule has 0 bridgehead atoms. The monoisotopic (exact) mass is 410 g/mol. The molecular formula is C19H23FN2O3S2. The Morgan fingerprint density at radius 1 is 1.11 bits per heavy atom. The first-order chi connectivity index (χ1) is 12.9. The van der Waals surface area contributed by atoms with E-state index in [2.05, 4.69) is 5.32 Å². The van der Waals surface area contributed by atoms with Crippen molar-refractivity contribution in [2.45, 2.75) is 30.1 Å². The zero-order valence-corrected chi connectivity index (χ0v) is 16.9. The second kappa shape index (κ2) is 9.87. The van der Waals surface area contributed by atoms with E-state index < -0.39 is 10.0 Å². The largest absolute Gasteiger partial charge is 0.326 e. The average molecular weight is 411 g/mol. The lowest BCUT2D eigenvalue weighted by atomic mass is 10.3. The van der Waals surface area contributed by atoms with Gasteiger partial charge in [0.15, 0.2) is 0 Å². The van der Waals surface area contributed by atoms with E-state index in [-0.39, 0.29) is 23.0 Å². The van der Waals surface area contributed by atoms with Crippen LogP contribution in [-0.4, -0.2) is 37.5 Å². The maximum Gasteiger partial charge on any atom is 0.243 e. The molecule has 0 unspecified atom stereocenters. The summed E-state index contributed by atoms with van der Waals surface area (Å²) in [6.45, 7) is 4.31. The fourth-order valence-corrected chi connectivity index (χ4v) is 4.88. The molecule has 0 saturated carbocycles. The third-order valence-corrected chi connectivity index (χ3v) is 6.98. The van der Waals surface area contributed by atoms with Crippen LogP contribution in [0.2, 0.25) is 0 Å². The number of carbonyl (C=O) groups is 1. The summed E-state index contributed by atoms with van der Waals surface area (Å²) in [7, 11) is -3.58. The highest BCUT2D eigenvalue weighted by molar-refractivity contribution is 7.99. The van der Waals surface area contributed by atoms with Gasteiger partial charge in [0.1, 0.15) is 5.82 Å². The van der Waals surface area contributed by atoms with Crippen LogP contribution in [0.1, 0.15) is 20.3 Å². The Kier molecular flexibility index (Phi) is 7.82. The van der Waals surface area contributed by atoms with Crippen LogP contribution in [-0.2, 0) is 14.8 Å². The Morgan fingerprint density at radius 2 is 1.81 bits per heavy atom. The number of nitrogens with zero attached hydrogens (tertiary/aromatic N) is 1. The van der Waals surface area contributed by atoms with Gasteiger partial charge in [0.25, 0.3) is 0 Å². The number of rotatable bonds is 9. The standard InChI is InChI=1S/C19H23FN2O3S2/c1-3-22(4-2)27(24,25)16-9-7-8-15(14-16)21-19(23)12-13-26-18-11-6-5-10-17(18)20/h5-11,14H,3-4,12-13H2,1-2H3,(H,21,23). The smallest absolute Gasteiger partial charge is 0.243 e. The summed E-state index contributed by atoms with van der Waals surface area (Å²) >= 11 is 1.26. The van der Waals surface area contributed by atoms with Crippen molar-refractivity contribution in [1.29, 1.82) is 0 Å². The number of thioether (sulfide) groups is 1. The minimum absolute atomic E-state index is 0.143. The van der Waals surface area contributed by atoms with Gasteiger partial charge in [-0.15, -0.1) is 11.8 Å². The van der Waals surface area contributed by atoms with Crippen LogP contribution in [0.25, 0.3) is 0 Å². The predicted octanol–water partition coefficient (Wildman–Crippen LogP) is 3.98. The van der Waals surface area contributed by atoms with Gasteiger partial charge in [-0.1, -0.05) is 32.0 Å². The minimum atomic E-state index is -3.58. The fraction of sp³-hybridized carbons (Fsp3) is 0.316. The highest BCUT2D eigenvalue weighted by Crippen LogP contribution is 2.23. The molecule has 0 aromatic heterocycles. The van der Waals surface area contributed by atoms with Crippen molar-refractivity contribution < 1.29 is 17.6 Å². The first-order valence-electron chi connectivity index (χ1n) is 8.65. The molecule has 8 heteroatoms. The Balaban J connectivity index is 1.97. The quantitative estimate of drug-likeness (QED) is 0.635. The van der Waals surface area contributed by atoms with Crippen LogP contribution in [0.3, 0.4) is 0 Å². The van der Waals surface area contributed by atoms with Crippen molar-refractivity contribution in [2.75, 3.05) is 24.2 Å².